The molecule has 0 aliphatic heterocycles. The van der Waals surface area contributed by atoms with Gasteiger partial charge >= 0.3 is 0 Å². The summed E-state index contributed by atoms with van der Waals surface area (Å²) in [7, 11) is 0. The molecule has 18 heavy (non-hydrogen) atoms. The highest BCUT2D eigenvalue weighted by Crippen LogP contribution is 2.33. The molecular formula is C16H16O2. The first-order valence-electron chi connectivity index (χ1n) is 6.37. The van der Waals surface area contributed by atoms with Gasteiger partial charge in [0.05, 0.1) is 6.10 Å². The van der Waals surface area contributed by atoms with Crippen molar-refractivity contribution in [1.29, 1.82) is 0 Å². The highest BCUT2D eigenvalue weighted by atomic mass is 16.5. The van der Waals surface area contributed by atoms with Crippen LogP contribution in [0.25, 0.3) is 0 Å². The second kappa shape index (κ2) is 4.83. The lowest BCUT2D eigenvalue weighted by atomic mass is 9.89. The maximum atomic E-state index is 10.00. The van der Waals surface area contributed by atoms with Gasteiger partial charge in [0.15, 0.2) is 0 Å². The quantitative estimate of drug-likeness (QED) is 0.864. The van der Waals surface area contributed by atoms with Crippen LogP contribution in [0, 0.1) is 0 Å². The van der Waals surface area contributed by atoms with Crippen molar-refractivity contribution in [2.45, 2.75) is 25.4 Å². The molecule has 1 aliphatic rings. The third kappa shape index (κ3) is 2.24. The molecular weight excluding hydrogens is 224 g/mol. The summed E-state index contributed by atoms with van der Waals surface area (Å²) in [5.41, 5.74) is 2.27. The van der Waals surface area contributed by atoms with Gasteiger partial charge in [-0.05, 0) is 54.7 Å². The van der Waals surface area contributed by atoms with E-state index in [1.807, 2.05) is 42.5 Å². The molecule has 2 aromatic carbocycles. The fourth-order valence-corrected chi connectivity index (χ4v) is 2.44. The molecule has 0 saturated carbocycles. The van der Waals surface area contributed by atoms with E-state index in [4.69, 9.17) is 4.74 Å². The van der Waals surface area contributed by atoms with Crippen LogP contribution in [0.4, 0.5) is 0 Å². The topological polar surface area (TPSA) is 29.5 Å². The fraction of sp³-hybridized carbons (Fsp3) is 0.250. The molecule has 0 spiro atoms. The predicted molar refractivity (Wildman–Crippen MR) is 70.9 cm³/mol. The predicted octanol–water partition coefficient (Wildman–Crippen LogP) is 3.85. The van der Waals surface area contributed by atoms with E-state index in [1.165, 1.54) is 5.56 Å². The lowest BCUT2D eigenvalue weighted by Crippen LogP contribution is -2.08. The molecule has 0 fully saturated rings. The van der Waals surface area contributed by atoms with Crippen LogP contribution in [0.15, 0.2) is 48.5 Å². The van der Waals surface area contributed by atoms with Crippen LogP contribution in [-0.2, 0) is 6.42 Å². The first kappa shape index (κ1) is 11.3. The Morgan fingerprint density at radius 1 is 1.00 bits per heavy atom. The summed E-state index contributed by atoms with van der Waals surface area (Å²) in [6, 6.07) is 15.7. The van der Waals surface area contributed by atoms with Crippen LogP contribution in [0.3, 0.4) is 0 Å². The lowest BCUT2D eigenvalue weighted by molar-refractivity contribution is 0.156. The van der Waals surface area contributed by atoms with Gasteiger partial charge in [0.2, 0.25) is 0 Å². The first-order chi connectivity index (χ1) is 8.83. The molecule has 2 nitrogen and oxygen atoms in total. The number of aryl methyl sites for hydroxylation is 1. The second-order valence-corrected chi connectivity index (χ2v) is 4.68. The highest BCUT2D eigenvalue weighted by Gasteiger charge is 2.18. The minimum absolute atomic E-state index is 0.340. The Kier molecular flexibility index (Phi) is 3.03. The Bertz CT molecular complexity index is 534. The number of aliphatic hydroxyl groups excluding tert-OH is 1. The van der Waals surface area contributed by atoms with E-state index in [1.54, 1.807) is 0 Å². The van der Waals surface area contributed by atoms with Crippen molar-refractivity contribution >= 4 is 0 Å². The number of benzene rings is 2. The summed E-state index contributed by atoms with van der Waals surface area (Å²) in [6.45, 7) is 0. The summed E-state index contributed by atoms with van der Waals surface area (Å²) >= 11 is 0. The first-order valence-corrected chi connectivity index (χ1v) is 6.37. The van der Waals surface area contributed by atoms with Crippen LogP contribution < -0.4 is 4.74 Å². The number of para-hydroxylation sites is 1. The van der Waals surface area contributed by atoms with Crippen molar-refractivity contribution in [3.63, 3.8) is 0 Å². The smallest absolute Gasteiger partial charge is 0.127 e. The van der Waals surface area contributed by atoms with Gasteiger partial charge in [-0.3, -0.25) is 0 Å². The van der Waals surface area contributed by atoms with Gasteiger partial charge in [0.25, 0.3) is 0 Å². The van der Waals surface area contributed by atoms with Gasteiger partial charge in [-0.15, -0.1) is 0 Å². The van der Waals surface area contributed by atoms with Gasteiger partial charge in [-0.25, -0.2) is 0 Å². The van der Waals surface area contributed by atoms with E-state index in [0.717, 1.165) is 36.3 Å². The zero-order valence-corrected chi connectivity index (χ0v) is 10.2. The molecule has 1 unspecified atom stereocenters. The molecule has 0 bridgehead atoms. The Hall–Kier alpha value is -1.80. The van der Waals surface area contributed by atoms with Gasteiger partial charge in [-0.1, -0.05) is 24.3 Å². The summed E-state index contributed by atoms with van der Waals surface area (Å²) < 4.78 is 5.78. The van der Waals surface area contributed by atoms with E-state index < -0.39 is 0 Å². The minimum Gasteiger partial charge on any atom is -0.457 e. The van der Waals surface area contributed by atoms with E-state index in [9.17, 15) is 5.11 Å². The third-order valence-electron chi connectivity index (χ3n) is 3.38. The van der Waals surface area contributed by atoms with Crippen LogP contribution in [0.5, 0.6) is 11.5 Å². The third-order valence-corrected chi connectivity index (χ3v) is 3.38. The van der Waals surface area contributed by atoms with Crippen molar-refractivity contribution in [2.75, 3.05) is 0 Å². The average Bonchev–Trinajstić information content (AvgIpc) is 2.41. The molecule has 1 N–H and O–H groups in total. The van der Waals surface area contributed by atoms with Crippen LogP contribution in [-0.4, -0.2) is 5.11 Å². The van der Waals surface area contributed by atoms with Crippen LogP contribution >= 0.6 is 0 Å². The Morgan fingerprint density at radius 3 is 2.67 bits per heavy atom. The van der Waals surface area contributed by atoms with Gasteiger partial charge in [-0.2, -0.15) is 0 Å². The Morgan fingerprint density at radius 2 is 1.83 bits per heavy atom. The second-order valence-electron chi connectivity index (χ2n) is 4.68. The Labute approximate surface area is 107 Å². The van der Waals surface area contributed by atoms with Crippen LogP contribution in [0.2, 0.25) is 0 Å². The molecule has 3 rings (SSSR count). The minimum atomic E-state index is -0.340. The molecule has 1 aliphatic carbocycles. The number of aliphatic hydroxyl groups is 1. The van der Waals surface area contributed by atoms with E-state index >= 15 is 0 Å². The monoisotopic (exact) mass is 240 g/mol. The average molecular weight is 240 g/mol. The number of rotatable bonds is 2. The molecule has 1 atom stereocenters. The largest absolute Gasteiger partial charge is 0.457 e. The summed E-state index contributed by atoms with van der Waals surface area (Å²) in [5.74, 6) is 1.61. The van der Waals surface area contributed by atoms with Gasteiger partial charge < -0.3 is 9.84 Å². The van der Waals surface area contributed by atoms with Crippen LogP contribution in [0.1, 0.15) is 30.1 Å². The van der Waals surface area contributed by atoms with E-state index in [0.29, 0.717) is 0 Å². The molecule has 0 radical (unpaired) electrons. The van der Waals surface area contributed by atoms with Crippen molar-refractivity contribution in [1.82, 2.24) is 0 Å². The molecule has 0 aromatic heterocycles. The molecule has 0 amide bonds. The lowest BCUT2D eigenvalue weighted by Gasteiger charge is -2.21. The van der Waals surface area contributed by atoms with E-state index in [2.05, 4.69) is 6.07 Å². The SMILES string of the molecule is OC1CCCc2ccc(Oc3ccccc3)cc21. The summed E-state index contributed by atoms with van der Waals surface area (Å²) in [6.07, 6.45) is 2.63. The fourth-order valence-electron chi connectivity index (χ4n) is 2.44. The highest BCUT2D eigenvalue weighted by molar-refractivity contribution is 5.40. The Balaban J connectivity index is 1.88. The maximum absolute atomic E-state index is 10.00. The standard InChI is InChI=1S/C16H16O2/c17-16-8-4-5-12-9-10-14(11-15(12)16)18-13-6-2-1-3-7-13/h1-3,6-7,9-11,16-17H,4-5,8H2. The molecule has 2 aromatic rings. The summed E-state index contributed by atoms with van der Waals surface area (Å²) in [5, 5.41) is 10.00. The number of hydrogen-bond donors (Lipinski definition) is 1. The zero-order chi connectivity index (χ0) is 12.4. The van der Waals surface area contributed by atoms with Gasteiger partial charge in [0.1, 0.15) is 11.5 Å². The summed E-state index contributed by atoms with van der Waals surface area (Å²) in [4.78, 5) is 0. The number of hydrogen-bond acceptors (Lipinski definition) is 2. The van der Waals surface area contributed by atoms with E-state index in [-0.39, 0.29) is 6.10 Å². The maximum Gasteiger partial charge on any atom is 0.127 e. The molecule has 2 heteroatoms. The zero-order valence-electron chi connectivity index (χ0n) is 10.2. The number of ether oxygens (including phenoxy) is 1. The number of fused-ring (bicyclic) bond motifs is 1. The van der Waals surface area contributed by atoms with Crippen molar-refractivity contribution < 1.29 is 9.84 Å². The molecule has 0 saturated heterocycles. The molecule has 92 valence electrons. The van der Waals surface area contributed by atoms with Crippen molar-refractivity contribution in [3.8, 4) is 11.5 Å². The van der Waals surface area contributed by atoms with Crippen molar-refractivity contribution in [3.05, 3.63) is 59.7 Å². The normalized spacial score (nSPS) is 18.2. The van der Waals surface area contributed by atoms with Gasteiger partial charge in [0, 0.05) is 0 Å². The molecule has 0 heterocycles. The van der Waals surface area contributed by atoms with Crippen molar-refractivity contribution in [2.24, 2.45) is 0 Å².